The van der Waals surface area contributed by atoms with Gasteiger partial charge in [-0.2, -0.15) is 9.40 Å². The van der Waals surface area contributed by atoms with Gasteiger partial charge in [0.15, 0.2) is 0 Å². The summed E-state index contributed by atoms with van der Waals surface area (Å²) in [6.07, 6.45) is 1.70. The van der Waals surface area contributed by atoms with E-state index in [-0.39, 0.29) is 4.90 Å². The topological polar surface area (TPSA) is 105 Å². The van der Waals surface area contributed by atoms with Crippen molar-refractivity contribution < 1.29 is 13.2 Å². The Morgan fingerprint density at radius 1 is 1.22 bits per heavy atom. The Labute approximate surface area is 192 Å². The molecule has 1 aromatic carbocycles. The summed E-state index contributed by atoms with van der Waals surface area (Å²) in [7, 11) is -1.79. The van der Waals surface area contributed by atoms with Gasteiger partial charge in [-0.05, 0) is 31.5 Å². The van der Waals surface area contributed by atoms with Gasteiger partial charge in [-0.3, -0.25) is 4.68 Å². The van der Waals surface area contributed by atoms with Gasteiger partial charge in [0.2, 0.25) is 10.0 Å². The predicted octanol–water partition coefficient (Wildman–Crippen LogP) is 2.64. The van der Waals surface area contributed by atoms with Gasteiger partial charge in [0.1, 0.15) is 27.2 Å². The average Bonchev–Trinajstić information content (AvgIpc) is 3.10. The third kappa shape index (κ3) is 4.17. The summed E-state index contributed by atoms with van der Waals surface area (Å²) < 4.78 is 36.1. The van der Waals surface area contributed by atoms with Crippen molar-refractivity contribution in [1.82, 2.24) is 29.4 Å². The molecule has 0 aliphatic carbocycles. The first-order chi connectivity index (χ1) is 15.4. The highest BCUT2D eigenvalue weighted by Crippen LogP contribution is 2.33. The van der Waals surface area contributed by atoms with Crippen LogP contribution in [-0.2, 0) is 23.5 Å². The van der Waals surface area contributed by atoms with Crippen LogP contribution in [0, 0.1) is 4.64 Å². The monoisotopic (exact) mass is 476 g/mol. The van der Waals surface area contributed by atoms with Crippen molar-refractivity contribution in [3.8, 4) is 17.1 Å². The molecular weight excluding hydrogens is 448 g/mol. The highest BCUT2D eigenvalue weighted by molar-refractivity contribution is 7.89. The molecule has 1 aliphatic rings. The van der Waals surface area contributed by atoms with Gasteiger partial charge in [-0.15, -0.1) is 0 Å². The second-order valence-electron chi connectivity index (χ2n) is 7.68. The number of piperazine rings is 1. The molecule has 3 aromatic rings. The highest BCUT2D eigenvalue weighted by Gasteiger charge is 2.27. The second kappa shape index (κ2) is 9.26. The Kier molecular flexibility index (Phi) is 6.61. The number of sulfonamides is 1. The lowest BCUT2D eigenvalue weighted by molar-refractivity contribution is 0.341. The van der Waals surface area contributed by atoms with E-state index in [9.17, 15) is 8.42 Å². The van der Waals surface area contributed by atoms with Gasteiger partial charge in [-0.1, -0.05) is 25.6 Å². The van der Waals surface area contributed by atoms with Crippen LogP contribution in [0.15, 0.2) is 23.1 Å². The van der Waals surface area contributed by atoms with E-state index >= 15 is 0 Å². The zero-order valence-electron chi connectivity index (χ0n) is 18.5. The van der Waals surface area contributed by atoms with Crippen LogP contribution in [0.1, 0.15) is 26.0 Å². The van der Waals surface area contributed by atoms with Gasteiger partial charge in [0, 0.05) is 33.2 Å². The maximum atomic E-state index is 13.3. The summed E-state index contributed by atoms with van der Waals surface area (Å²) >= 11 is 5.61. The quantitative estimate of drug-likeness (QED) is 0.505. The second-order valence-corrected chi connectivity index (χ2v) is 10.0. The van der Waals surface area contributed by atoms with Gasteiger partial charge < -0.3 is 15.0 Å². The molecule has 0 radical (unpaired) electrons. The van der Waals surface area contributed by atoms with E-state index in [0.717, 1.165) is 29.6 Å². The molecule has 1 aliphatic heterocycles. The lowest BCUT2D eigenvalue weighted by Crippen LogP contribution is -2.46. The van der Waals surface area contributed by atoms with Crippen molar-refractivity contribution in [1.29, 1.82) is 0 Å². The maximum Gasteiger partial charge on any atom is 0.243 e. The predicted molar refractivity (Wildman–Crippen MR) is 126 cm³/mol. The smallest absolute Gasteiger partial charge is 0.243 e. The summed E-state index contributed by atoms with van der Waals surface area (Å²) in [5.41, 5.74) is 2.91. The molecule has 0 atom stereocenters. The molecule has 0 bridgehead atoms. The average molecular weight is 477 g/mol. The van der Waals surface area contributed by atoms with Crippen LogP contribution in [0.5, 0.6) is 5.75 Å². The van der Waals surface area contributed by atoms with Crippen LogP contribution in [0.25, 0.3) is 22.4 Å². The molecule has 0 unspecified atom stereocenters. The normalized spacial score (nSPS) is 15.3. The zero-order valence-corrected chi connectivity index (χ0v) is 20.1. The van der Waals surface area contributed by atoms with Crippen LogP contribution >= 0.6 is 12.2 Å². The van der Waals surface area contributed by atoms with Crippen LogP contribution in [0.3, 0.4) is 0 Å². The van der Waals surface area contributed by atoms with Crippen molar-refractivity contribution in [2.45, 2.75) is 31.6 Å². The first-order valence-electron chi connectivity index (χ1n) is 10.8. The molecule has 3 heterocycles. The number of rotatable bonds is 7. The standard InChI is InChI=1S/C21H28N6O3S2/c1-4-6-16-18-19(26(3)25-16)21(31)24-20(23-18)15-13-14(7-8-17(15)30-5-2)32(28,29)27-11-9-22-10-12-27/h7-8,13,22H,4-6,9-12H2,1-3H3,(H,23,24,31). The first-order valence-corrected chi connectivity index (χ1v) is 12.7. The lowest BCUT2D eigenvalue weighted by Gasteiger charge is -2.26. The largest absolute Gasteiger partial charge is 0.493 e. The molecule has 1 fully saturated rings. The molecule has 32 heavy (non-hydrogen) atoms. The molecule has 2 N–H and O–H groups in total. The fourth-order valence-corrected chi connectivity index (χ4v) is 5.74. The third-order valence-corrected chi connectivity index (χ3v) is 7.66. The van der Waals surface area contributed by atoms with Crippen molar-refractivity contribution >= 4 is 33.3 Å². The molecular formula is C21H28N6O3S2. The minimum Gasteiger partial charge on any atom is -0.493 e. The van der Waals surface area contributed by atoms with Gasteiger partial charge >= 0.3 is 0 Å². The number of aromatic nitrogens is 4. The van der Waals surface area contributed by atoms with Crippen molar-refractivity contribution in [2.75, 3.05) is 32.8 Å². The van der Waals surface area contributed by atoms with Crippen molar-refractivity contribution in [3.63, 3.8) is 0 Å². The molecule has 2 aromatic heterocycles. The number of aryl methyl sites for hydroxylation is 2. The Bertz CT molecular complexity index is 1290. The Morgan fingerprint density at radius 3 is 2.66 bits per heavy atom. The van der Waals surface area contributed by atoms with Gasteiger partial charge in [-0.25, -0.2) is 13.4 Å². The molecule has 9 nitrogen and oxygen atoms in total. The minimum absolute atomic E-state index is 0.207. The first kappa shape index (κ1) is 22.8. The molecule has 1 saturated heterocycles. The van der Waals surface area contributed by atoms with Crippen molar-refractivity contribution in [2.24, 2.45) is 7.05 Å². The molecule has 4 rings (SSSR count). The van der Waals surface area contributed by atoms with Crippen LogP contribution in [0.2, 0.25) is 0 Å². The van der Waals surface area contributed by atoms with E-state index in [1.807, 2.05) is 14.0 Å². The summed E-state index contributed by atoms with van der Waals surface area (Å²) in [4.78, 5) is 8.19. The van der Waals surface area contributed by atoms with E-state index in [1.54, 1.807) is 22.9 Å². The number of ether oxygens (including phenoxy) is 1. The molecule has 0 spiro atoms. The highest BCUT2D eigenvalue weighted by atomic mass is 32.2. The molecule has 0 saturated carbocycles. The van der Waals surface area contributed by atoms with Crippen LogP contribution in [-0.4, -0.2) is 65.3 Å². The van der Waals surface area contributed by atoms with E-state index < -0.39 is 10.0 Å². The van der Waals surface area contributed by atoms with Crippen LogP contribution in [0.4, 0.5) is 0 Å². The third-order valence-electron chi connectivity index (χ3n) is 5.47. The fourth-order valence-electron chi connectivity index (χ4n) is 3.95. The van der Waals surface area contributed by atoms with Crippen LogP contribution < -0.4 is 10.1 Å². The lowest BCUT2D eigenvalue weighted by atomic mass is 10.1. The van der Waals surface area contributed by atoms with E-state index in [2.05, 4.69) is 22.3 Å². The summed E-state index contributed by atoms with van der Waals surface area (Å²) in [6, 6.07) is 4.90. The van der Waals surface area contributed by atoms with Gasteiger partial charge in [0.25, 0.3) is 0 Å². The molecule has 172 valence electrons. The summed E-state index contributed by atoms with van der Waals surface area (Å²) in [6.45, 7) is 6.55. The molecule has 0 amide bonds. The number of fused-ring (bicyclic) bond motifs is 1. The summed E-state index contributed by atoms with van der Waals surface area (Å²) in [5, 5.41) is 7.76. The Morgan fingerprint density at radius 2 is 1.97 bits per heavy atom. The number of hydrogen-bond acceptors (Lipinski definition) is 7. The number of aromatic amines is 1. The number of hydrogen-bond donors (Lipinski definition) is 2. The molecule has 11 heteroatoms. The van der Waals surface area contributed by atoms with E-state index in [4.69, 9.17) is 21.9 Å². The fraction of sp³-hybridized carbons (Fsp3) is 0.476. The number of nitrogens with zero attached hydrogens (tertiary/aromatic N) is 4. The Balaban J connectivity index is 1.88. The van der Waals surface area contributed by atoms with Gasteiger partial charge in [0.05, 0.1) is 22.8 Å². The van der Waals surface area contributed by atoms with E-state index in [1.165, 1.54) is 4.31 Å². The number of benzene rings is 1. The summed E-state index contributed by atoms with van der Waals surface area (Å²) in [5.74, 6) is 1.01. The number of nitrogens with one attached hydrogen (secondary N) is 2. The maximum absolute atomic E-state index is 13.3. The SMILES string of the molecule is CCCc1nn(C)c2c(=S)[nH]c(-c3cc(S(=O)(=O)N4CCNCC4)ccc3OCC)nc12. The van der Waals surface area contributed by atoms with Crippen molar-refractivity contribution in [3.05, 3.63) is 28.5 Å². The zero-order chi connectivity index (χ0) is 22.9. The Hall–Kier alpha value is -2.34. The number of H-pyrrole nitrogens is 1. The minimum atomic E-state index is -3.64. The van der Waals surface area contributed by atoms with E-state index in [0.29, 0.717) is 54.6 Å².